The summed E-state index contributed by atoms with van der Waals surface area (Å²) in [7, 11) is 1.53. The monoisotopic (exact) mass is 216 g/mol. The van der Waals surface area contributed by atoms with Crippen LogP contribution in [0.2, 0.25) is 0 Å². The SMILES string of the molecule is COc1c(C(C)=O)cnc2c(N)cccc12. The van der Waals surface area contributed by atoms with Crippen molar-refractivity contribution in [2.45, 2.75) is 6.92 Å². The summed E-state index contributed by atoms with van der Waals surface area (Å²) >= 11 is 0. The van der Waals surface area contributed by atoms with Crippen molar-refractivity contribution in [3.63, 3.8) is 0 Å². The molecular formula is C12H12N2O2. The van der Waals surface area contributed by atoms with Crippen LogP contribution in [-0.2, 0) is 0 Å². The standard InChI is InChI=1S/C12H12N2O2/c1-7(15)9-6-14-11-8(12(9)16-2)4-3-5-10(11)13/h3-6H,13H2,1-2H3. The zero-order valence-corrected chi connectivity index (χ0v) is 9.15. The first-order chi connectivity index (χ1) is 7.65. The molecule has 1 heterocycles. The molecule has 0 aliphatic heterocycles. The zero-order chi connectivity index (χ0) is 11.7. The van der Waals surface area contributed by atoms with Crippen molar-refractivity contribution >= 4 is 22.4 Å². The highest BCUT2D eigenvalue weighted by atomic mass is 16.5. The number of aromatic nitrogens is 1. The summed E-state index contributed by atoms with van der Waals surface area (Å²) in [6, 6.07) is 5.41. The summed E-state index contributed by atoms with van der Waals surface area (Å²) in [6.45, 7) is 1.48. The van der Waals surface area contributed by atoms with Crippen LogP contribution in [0.4, 0.5) is 5.69 Å². The van der Waals surface area contributed by atoms with Gasteiger partial charge in [-0.3, -0.25) is 9.78 Å². The Balaban J connectivity index is 2.86. The van der Waals surface area contributed by atoms with Crippen molar-refractivity contribution in [3.8, 4) is 5.75 Å². The third kappa shape index (κ3) is 1.48. The van der Waals surface area contributed by atoms with E-state index in [4.69, 9.17) is 10.5 Å². The van der Waals surface area contributed by atoms with Crippen LogP contribution in [0.15, 0.2) is 24.4 Å². The summed E-state index contributed by atoms with van der Waals surface area (Å²) in [4.78, 5) is 15.6. The number of anilines is 1. The maximum absolute atomic E-state index is 11.4. The van der Waals surface area contributed by atoms with Crippen molar-refractivity contribution in [2.75, 3.05) is 12.8 Å². The summed E-state index contributed by atoms with van der Waals surface area (Å²) < 4.78 is 5.26. The number of hydrogen-bond acceptors (Lipinski definition) is 4. The van der Waals surface area contributed by atoms with E-state index in [1.807, 2.05) is 12.1 Å². The predicted octanol–water partition coefficient (Wildman–Crippen LogP) is 2.03. The molecule has 0 atom stereocenters. The van der Waals surface area contributed by atoms with Crippen LogP contribution in [0, 0.1) is 0 Å². The first-order valence-corrected chi connectivity index (χ1v) is 4.87. The lowest BCUT2D eigenvalue weighted by atomic mass is 10.1. The van der Waals surface area contributed by atoms with E-state index in [9.17, 15) is 4.79 Å². The third-order valence-electron chi connectivity index (χ3n) is 2.46. The zero-order valence-electron chi connectivity index (χ0n) is 9.15. The highest BCUT2D eigenvalue weighted by molar-refractivity contribution is 6.04. The normalized spacial score (nSPS) is 10.4. The number of hydrogen-bond donors (Lipinski definition) is 1. The van der Waals surface area contributed by atoms with Gasteiger partial charge in [0.05, 0.1) is 23.9 Å². The highest BCUT2D eigenvalue weighted by Gasteiger charge is 2.13. The van der Waals surface area contributed by atoms with Gasteiger partial charge in [0.15, 0.2) is 5.78 Å². The van der Waals surface area contributed by atoms with Crippen LogP contribution in [0.1, 0.15) is 17.3 Å². The molecule has 0 fully saturated rings. The lowest BCUT2D eigenvalue weighted by Crippen LogP contribution is -2.01. The van der Waals surface area contributed by atoms with Crippen molar-refractivity contribution in [1.82, 2.24) is 4.98 Å². The van der Waals surface area contributed by atoms with E-state index in [0.29, 0.717) is 22.5 Å². The van der Waals surface area contributed by atoms with Crippen LogP contribution in [0.5, 0.6) is 5.75 Å². The molecule has 1 aromatic carbocycles. The number of pyridine rings is 1. The number of nitrogens with two attached hydrogens (primary N) is 1. The molecule has 0 amide bonds. The lowest BCUT2D eigenvalue weighted by Gasteiger charge is -2.09. The van der Waals surface area contributed by atoms with Crippen LogP contribution < -0.4 is 10.5 Å². The predicted molar refractivity (Wildman–Crippen MR) is 62.7 cm³/mol. The average molecular weight is 216 g/mol. The molecule has 4 heteroatoms. The van der Waals surface area contributed by atoms with Crippen LogP contribution in [-0.4, -0.2) is 17.9 Å². The second-order valence-corrected chi connectivity index (χ2v) is 3.50. The average Bonchev–Trinajstić information content (AvgIpc) is 2.27. The summed E-state index contributed by atoms with van der Waals surface area (Å²) in [5.41, 5.74) is 7.51. The largest absolute Gasteiger partial charge is 0.495 e. The summed E-state index contributed by atoms with van der Waals surface area (Å²) in [5.74, 6) is 0.457. The lowest BCUT2D eigenvalue weighted by molar-refractivity contribution is 0.101. The molecule has 0 unspecified atom stereocenters. The number of carbonyl (C=O) groups is 1. The van der Waals surface area contributed by atoms with Crippen LogP contribution >= 0.6 is 0 Å². The molecule has 2 N–H and O–H groups in total. The molecule has 4 nitrogen and oxygen atoms in total. The number of fused-ring (bicyclic) bond motifs is 1. The first kappa shape index (κ1) is 10.4. The quantitative estimate of drug-likeness (QED) is 0.616. The Labute approximate surface area is 93.0 Å². The van der Waals surface area contributed by atoms with Gasteiger partial charge in [-0.05, 0) is 19.1 Å². The second kappa shape index (κ2) is 3.81. The van der Waals surface area contributed by atoms with Gasteiger partial charge in [-0.1, -0.05) is 6.07 Å². The molecule has 0 spiro atoms. The third-order valence-corrected chi connectivity index (χ3v) is 2.46. The summed E-state index contributed by atoms with van der Waals surface area (Å²) in [5, 5.41) is 0.759. The minimum atomic E-state index is -0.0753. The molecular weight excluding hydrogens is 204 g/mol. The number of ether oxygens (including phenoxy) is 1. The van der Waals surface area contributed by atoms with Crippen molar-refractivity contribution in [3.05, 3.63) is 30.0 Å². The van der Waals surface area contributed by atoms with Crippen molar-refractivity contribution in [1.29, 1.82) is 0 Å². The van der Waals surface area contributed by atoms with Crippen molar-refractivity contribution in [2.24, 2.45) is 0 Å². The molecule has 2 rings (SSSR count). The fourth-order valence-electron chi connectivity index (χ4n) is 1.69. The van der Waals surface area contributed by atoms with Gasteiger partial charge in [0.2, 0.25) is 0 Å². The number of methoxy groups -OCH3 is 1. The Morgan fingerprint density at radius 1 is 1.44 bits per heavy atom. The Morgan fingerprint density at radius 3 is 2.81 bits per heavy atom. The van der Waals surface area contributed by atoms with Gasteiger partial charge >= 0.3 is 0 Å². The molecule has 0 radical (unpaired) electrons. The van der Waals surface area contributed by atoms with Crippen LogP contribution in [0.25, 0.3) is 10.9 Å². The Morgan fingerprint density at radius 2 is 2.19 bits per heavy atom. The number of Topliss-reactive ketones (excluding diaryl/α,β-unsaturated/α-hetero) is 1. The van der Waals surface area contributed by atoms with Gasteiger partial charge in [0, 0.05) is 11.6 Å². The number of nitrogen functional groups attached to an aromatic ring is 1. The molecule has 82 valence electrons. The van der Waals surface area contributed by atoms with E-state index in [1.54, 1.807) is 6.07 Å². The highest BCUT2D eigenvalue weighted by Crippen LogP contribution is 2.30. The van der Waals surface area contributed by atoms with Gasteiger partial charge in [-0.25, -0.2) is 0 Å². The molecule has 16 heavy (non-hydrogen) atoms. The number of nitrogens with zero attached hydrogens (tertiary/aromatic N) is 1. The van der Waals surface area contributed by atoms with E-state index in [0.717, 1.165) is 5.39 Å². The smallest absolute Gasteiger partial charge is 0.165 e. The number of rotatable bonds is 2. The minimum Gasteiger partial charge on any atom is -0.495 e. The van der Waals surface area contributed by atoms with Gasteiger partial charge in [-0.15, -0.1) is 0 Å². The maximum Gasteiger partial charge on any atom is 0.165 e. The van der Waals surface area contributed by atoms with E-state index < -0.39 is 0 Å². The minimum absolute atomic E-state index is 0.0753. The van der Waals surface area contributed by atoms with Gasteiger partial charge in [0.1, 0.15) is 5.75 Å². The van der Waals surface area contributed by atoms with E-state index in [-0.39, 0.29) is 5.78 Å². The number of ketones is 1. The Bertz CT molecular complexity index is 564. The fourth-order valence-corrected chi connectivity index (χ4v) is 1.69. The number of carbonyl (C=O) groups excluding carboxylic acids is 1. The Hall–Kier alpha value is -2.10. The molecule has 0 saturated carbocycles. The van der Waals surface area contributed by atoms with Gasteiger partial charge in [0.25, 0.3) is 0 Å². The second-order valence-electron chi connectivity index (χ2n) is 3.50. The maximum atomic E-state index is 11.4. The molecule has 0 aliphatic carbocycles. The number of para-hydroxylation sites is 1. The topological polar surface area (TPSA) is 65.2 Å². The fraction of sp³-hybridized carbons (Fsp3) is 0.167. The molecule has 0 aliphatic rings. The van der Waals surface area contributed by atoms with Crippen molar-refractivity contribution < 1.29 is 9.53 Å². The summed E-state index contributed by atoms with van der Waals surface area (Å²) in [6.07, 6.45) is 1.50. The number of benzene rings is 1. The van der Waals surface area contributed by atoms with E-state index in [1.165, 1.54) is 20.2 Å². The van der Waals surface area contributed by atoms with Gasteiger partial charge < -0.3 is 10.5 Å². The molecule has 1 aromatic heterocycles. The first-order valence-electron chi connectivity index (χ1n) is 4.87. The van der Waals surface area contributed by atoms with E-state index in [2.05, 4.69) is 4.98 Å². The van der Waals surface area contributed by atoms with E-state index >= 15 is 0 Å². The van der Waals surface area contributed by atoms with Gasteiger partial charge in [-0.2, -0.15) is 0 Å². The Kier molecular flexibility index (Phi) is 2.48. The molecule has 0 saturated heterocycles. The molecule has 2 aromatic rings. The molecule has 0 bridgehead atoms. The van der Waals surface area contributed by atoms with Crippen LogP contribution in [0.3, 0.4) is 0 Å².